The molecule has 1 rings (SSSR count). The van der Waals surface area contributed by atoms with Crippen molar-refractivity contribution in [1.29, 1.82) is 0 Å². The summed E-state index contributed by atoms with van der Waals surface area (Å²) >= 11 is 0. The van der Waals surface area contributed by atoms with Crippen LogP contribution in [0.3, 0.4) is 0 Å². The Bertz CT molecular complexity index is 138. The van der Waals surface area contributed by atoms with E-state index in [1.54, 1.807) is 0 Å². The number of rotatable bonds is 0. The van der Waals surface area contributed by atoms with Crippen molar-refractivity contribution in [2.45, 2.75) is 6.10 Å². The molecule has 0 unspecified atom stereocenters. The standard InChI is InChI=1S/C7H18OS/c1-9(2,3,4)5-7(8)6-9/h7-8H,5-6H2,1-4H3. The predicted molar refractivity (Wildman–Crippen MR) is 47.0 cm³/mol. The molecule has 1 aliphatic rings. The fraction of sp³-hybridized carbons (Fsp3) is 1.00. The molecule has 2 heteroatoms. The molecule has 1 heterocycles. The Morgan fingerprint density at radius 3 is 1.44 bits per heavy atom. The van der Waals surface area contributed by atoms with Gasteiger partial charge in [0.05, 0.1) is 6.10 Å². The highest BCUT2D eigenvalue weighted by Crippen LogP contribution is 2.84. The SMILES string of the molecule is CS1(C)(C)(C)CC(O)C1. The van der Waals surface area contributed by atoms with E-state index in [1.165, 1.54) is 0 Å². The van der Waals surface area contributed by atoms with E-state index in [0.29, 0.717) is 0 Å². The molecular formula is C7H18OS. The highest BCUT2D eigenvalue weighted by molar-refractivity contribution is 8.63. The van der Waals surface area contributed by atoms with Gasteiger partial charge in [-0.05, 0) is 36.5 Å². The van der Waals surface area contributed by atoms with Gasteiger partial charge in [-0.15, -0.1) is 0 Å². The molecule has 0 aromatic carbocycles. The second kappa shape index (κ2) is 1.08. The van der Waals surface area contributed by atoms with Crippen LogP contribution in [0.5, 0.6) is 0 Å². The zero-order valence-electron chi connectivity index (χ0n) is 6.85. The average Bonchev–Trinajstić information content (AvgIpc) is 1.18. The molecule has 0 aromatic heterocycles. The first kappa shape index (κ1) is 7.42. The third-order valence-electron chi connectivity index (χ3n) is 1.95. The van der Waals surface area contributed by atoms with Crippen LogP contribution >= 0.6 is 8.29 Å². The summed E-state index contributed by atoms with van der Waals surface area (Å²) in [6, 6.07) is 0. The minimum Gasteiger partial charge on any atom is -0.392 e. The molecule has 1 aliphatic heterocycles. The van der Waals surface area contributed by atoms with Gasteiger partial charge in [0.1, 0.15) is 0 Å². The van der Waals surface area contributed by atoms with Crippen LogP contribution in [-0.2, 0) is 0 Å². The number of hydrogen-bond donors (Lipinski definition) is 1. The van der Waals surface area contributed by atoms with Crippen LogP contribution in [0.1, 0.15) is 0 Å². The van der Waals surface area contributed by atoms with Gasteiger partial charge < -0.3 is 5.11 Å². The van der Waals surface area contributed by atoms with Crippen LogP contribution in [0.4, 0.5) is 0 Å². The lowest BCUT2D eigenvalue weighted by molar-refractivity contribution is 0.207. The first-order chi connectivity index (χ1) is 3.60. The molecule has 0 radical (unpaired) electrons. The van der Waals surface area contributed by atoms with Crippen molar-refractivity contribution in [3.05, 3.63) is 0 Å². The van der Waals surface area contributed by atoms with Gasteiger partial charge in [0.2, 0.25) is 0 Å². The van der Waals surface area contributed by atoms with E-state index >= 15 is 0 Å². The Hall–Kier alpha value is 0.310. The third kappa shape index (κ3) is 1.62. The van der Waals surface area contributed by atoms with Crippen LogP contribution in [0.25, 0.3) is 0 Å². The van der Waals surface area contributed by atoms with E-state index in [9.17, 15) is 0 Å². The highest BCUT2D eigenvalue weighted by atomic mass is 32.4. The maximum absolute atomic E-state index is 9.14. The smallest absolute Gasteiger partial charge is 0.0668 e. The summed E-state index contributed by atoms with van der Waals surface area (Å²) in [6.07, 6.45) is 9.36. The van der Waals surface area contributed by atoms with E-state index in [1.807, 2.05) is 0 Å². The Labute approximate surface area is 56.7 Å². The molecule has 58 valence electrons. The van der Waals surface area contributed by atoms with Crippen molar-refractivity contribution < 1.29 is 5.11 Å². The third-order valence-corrected chi connectivity index (χ3v) is 5.86. The molecule has 0 bridgehead atoms. The van der Waals surface area contributed by atoms with E-state index in [2.05, 4.69) is 25.0 Å². The van der Waals surface area contributed by atoms with Crippen molar-refractivity contribution in [2.75, 3.05) is 36.5 Å². The molecule has 9 heavy (non-hydrogen) atoms. The van der Waals surface area contributed by atoms with Crippen LogP contribution in [0.15, 0.2) is 0 Å². The van der Waals surface area contributed by atoms with E-state index in [0.717, 1.165) is 11.5 Å². The van der Waals surface area contributed by atoms with Crippen molar-refractivity contribution >= 4 is 8.29 Å². The van der Waals surface area contributed by atoms with Crippen molar-refractivity contribution in [3.8, 4) is 0 Å². The quantitative estimate of drug-likeness (QED) is 0.540. The summed E-state index contributed by atoms with van der Waals surface area (Å²) < 4.78 is 0. The molecule has 1 nitrogen and oxygen atoms in total. The minimum atomic E-state index is -1.64. The molecule has 0 amide bonds. The summed E-state index contributed by atoms with van der Waals surface area (Å²) in [5.74, 6) is 2.08. The molecule has 0 aliphatic carbocycles. The molecule has 0 spiro atoms. The number of aliphatic hydroxyl groups excluding tert-OH is 1. The minimum absolute atomic E-state index is 0.00309. The van der Waals surface area contributed by atoms with Crippen molar-refractivity contribution in [1.82, 2.24) is 0 Å². The Kier molecular flexibility index (Phi) is 0.887. The summed E-state index contributed by atoms with van der Waals surface area (Å²) in [5, 5.41) is 9.14. The van der Waals surface area contributed by atoms with Crippen molar-refractivity contribution in [2.24, 2.45) is 0 Å². The van der Waals surface area contributed by atoms with Crippen LogP contribution in [0.2, 0.25) is 0 Å². The van der Waals surface area contributed by atoms with Gasteiger partial charge in [-0.3, -0.25) is 8.29 Å². The molecule has 0 aromatic rings. The lowest BCUT2D eigenvalue weighted by Gasteiger charge is -2.77. The van der Waals surface area contributed by atoms with E-state index in [4.69, 9.17) is 5.11 Å². The lowest BCUT2D eigenvalue weighted by Crippen LogP contribution is -2.56. The van der Waals surface area contributed by atoms with Gasteiger partial charge >= 0.3 is 0 Å². The topological polar surface area (TPSA) is 20.2 Å². The highest BCUT2D eigenvalue weighted by Gasteiger charge is 2.53. The zero-order valence-corrected chi connectivity index (χ0v) is 7.66. The monoisotopic (exact) mass is 150 g/mol. The largest absolute Gasteiger partial charge is 0.392 e. The Morgan fingerprint density at radius 2 is 1.44 bits per heavy atom. The fourth-order valence-corrected chi connectivity index (χ4v) is 5.29. The summed E-state index contributed by atoms with van der Waals surface area (Å²) in [7, 11) is -1.64. The van der Waals surface area contributed by atoms with Gasteiger partial charge in [0, 0.05) is 0 Å². The lowest BCUT2D eigenvalue weighted by atomic mass is 10.5. The fourth-order valence-electron chi connectivity index (χ4n) is 1.76. The number of hydrogen-bond acceptors (Lipinski definition) is 1. The zero-order chi connectivity index (χ0) is 7.40. The van der Waals surface area contributed by atoms with Crippen LogP contribution in [0, 0.1) is 0 Å². The molecule has 1 fully saturated rings. The molecule has 0 saturated carbocycles. The first-order valence-corrected chi connectivity index (χ1v) is 7.71. The normalized spacial score (nSPS) is 51.0. The summed E-state index contributed by atoms with van der Waals surface area (Å²) in [4.78, 5) is 0. The predicted octanol–water partition coefficient (Wildman–Crippen LogP) is 0.756. The van der Waals surface area contributed by atoms with Gasteiger partial charge in [-0.2, -0.15) is 0 Å². The first-order valence-electron chi connectivity index (χ1n) is 3.29. The second-order valence-electron chi connectivity index (χ2n) is 5.95. The molecule has 1 N–H and O–H groups in total. The summed E-state index contributed by atoms with van der Waals surface area (Å²) in [5.41, 5.74) is 0. The van der Waals surface area contributed by atoms with Gasteiger partial charge in [-0.1, -0.05) is 0 Å². The van der Waals surface area contributed by atoms with Crippen LogP contribution < -0.4 is 0 Å². The summed E-state index contributed by atoms with van der Waals surface area (Å²) in [6.45, 7) is 0. The Balaban J connectivity index is 2.81. The Morgan fingerprint density at radius 1 is 1.11 bits per heavy atom. The molecular weight excluding hydrogens is 132 g/mol. The van der Waals surface area contributed by atoms with Crippen molar-refractivity contribution in [3.63, 3.8) is 0 Å². The second-order valence-corrected chi connectivity index (χ2v) is 16.5. The van der Waals surface area contributed by atoms with Gasteiger partial charge in [0.15, 0.2) is 0 Å². The maximum atomic E-state index is 9.14. The maximum Gasteiger partial charge on any atom is 0.0668 e. The average molecular weight is 150 g/mol. The molecule has 1 saturated heterocycles. The van der Waals surface area contributed by atoms with Crippen LogP contribution in [-0.4, -0.2) is 47.7 Å². The van der Waals surface area contributed by atoms with E-state index < -0.39 is 8.29 Å². The number of aliphatic hydroxyl groups is 1. The molecule has 0 atom stereocenters. The van der Waals surface area contributed by atoms with E-state index in [-0.39, 0.29) is 6.10 Å². The van der Waals surface area contributed by atoms with Gasteiger partial charge in [0.25, 0.3) is 0 Å². The van der Waals surface area contributed by atoms with Gasteiger partial charge in [-0.25, -0.2) is 0 Å².